The summed E-state index contributed by atoms with van der Waals surface area (Å²) in [4.78, 5) is 0. The van der Waals surface area contributed by atoms with E-state index in [1.54, 1.807) is 0 Å². The van der Waals surface area contributed by atoms with Crippen LogP contribution in [-0.2, 0) is 4.12 Å². The van der Waals surface area contributed by atoms with Gasteiger partial charge in [0.2, 0.25) is 0 Å². The fourth-order valence-electron chi connectivity index (χ4n) is 7.06. The highest BCUT2D eigenvalue weighted by Gasteiger charge is 2.52. The van der Waals surface area contributed by atoms with E-state index in [0.717, 1.165) is 0 Å². The highest BCUT2D eigenvalue weighted by atomic mass is 28.4. The van der Waals surface area contributed by atoms with E-state index in [-0.39, 0.29) is 0 Å². The molecule has 2 fully saturated rings. The van der Waals surface area contributed by atoms with Gasteiger partial charge in [0.15, 0.2) is 16.6 Å². The second-order valence-electron chi connectivity index (χ2n) is 11.6. The van der Waals surface area contributed by atoms with Gasteiger partial charge in [0.25, 0.3) is 0 Å². The third-order valence-corrected chi connectivity index (χ3v) is 21.6. The van der Waals surface area contributed by atoms with Crippen LogP contribution < -0.4 is 0 Å². The fourth-order valence-corrected chi connectivity index (χ4v) is 20.1. The van der Waals surface area contributed by atoms with Crippen molar-refractivity contribution in [2.24, 2.45) is 0 Å². The van der Waals surface area contributed by atoms with Gasteiger partial charge in [0.1, 0.15) is 0 Å². The lowest BCUT2D eigenvalue weighted by Gasteiger charge is -2.52. The molecule has 1 saturated heterocycles. The van der Waals surface area contributed by atoms with Crippen molar-refractivity contribution < 1.29 is 4.12 Å². The normalized spacial score (nSPS) is 25.2. The zero-order valence-corrected chi connectivity index (χ0v) is 24.2. The summed E-state index contributed by atoms with van der Waals surface area (Å²) in [6.07, 6.45) is 26.3. The van der Waals surface area contributed by atoms with Gasteiger partial charge in [-0.05, 0) is 48.1 Å². The van der Waals surface area contributed by atoms with Crippen LogP contribution in [0.1, 0.15) is 143 Å². The first-order valence-electron chi connectivity index (χ1n) is 14.8. The first-order chi connectivity index (χ1) is 15.1. The van der Waals surface area contributed by atoms with E-state index < -0.39 is 16.6 Å². The summed E-state index contributed by atoms with van der Waals surface area (Å²) in [6, 6.07) is 7.02. The predicted molar refractivity (Wildman–Crippen MR) is 145 cm³/mol. The van der Waals surface area contributed by atoms with Crippen LogP contribution in [0.2, 0.25) is 35.3 Å². The van der Waals surface area contributed by atoms with Crippen LogP contribution in [0.15, 0.2) is 0 Å². The largest absolute Gasteiger partial charge is 0.454 e. The van der Waals surface area contributed by atoms with E-state index in [1.807, 2.05) is 0 Å². The van der Waals surface area contributed by atoms with Crippen LogP contribution in [0, 0.1) is 0 Å². The van der Waals surface area contributed by atoms with Crippen LogP contribution in [0.5, 0.6) is 0 Å². The van der Waals surface area contributed by atoms with Gasteiger partial charge >= 0.3 is 0 Å². The van der Waals surface area contributed by atoms with Crippen LogP contribution in [-0.4, -0.2) is 16.6 Å². The zero-order chi connectivity index (χ0) is 22.5. The van der Waals surface area contributed by atoms with Crippen LogP contribution >= 0.6 is 0 Å². The van der Waals surface area contributed by atoms with Gasteiger partial charge in [0, 0.05) is 0 Å². The standard InChI is InChI=1S/C28H58OSi2/c1-5-30(26-22-18-14-10-11-15-19-23-27-30)29-31(6-2,7-3)28(4)24-20-16-12-8-9-13-17-21-25-28/h5-27H2,1-4H3. The zero-order valence-electron chi connectivity index (χ0n) is 22.2. The Bertz CT molecular complexity index is 436. The van der Waals surface area contributed by atoms with E-state index in [1.165, 1.54) is 146 Å². The Labute approximate surface area is 199 Å². The molecule has 1 heterocycles. The fraction of sp³-hybridized carbons (Fsp3) is 1.00. The molecule has 0 N–H and O–H groups in total. The molecule has 2 aliphatic rings. The third-order valence-electron chi connectivity index (χ3n) is 9.52. The molecule has 0 unspecified atom stereocenters. The molecule has 0 spiro atoms. The van der Waals surface area contributed by atoms with Crippen molar-refractivity contribution in [1.29, 1.82) is 0 Å². The molecule has 0 atom stereocenters. The van der Waals surface area contributed by atoms with Crippen molar-refractivity contribution in [1.82, 2.24) is 0 Å². The SMILES string of the molecule is CC[Si]1(O[Si](CC)(CC)C2(C)CCCCCCCCCC2)CCCCCCCCCC1. The molecule has 1 aliphatic carbocycles. The molecule has 0 aromatic carbocycles. The molecule has 1 saturated carbocycles. The molecular formula is C28H58OSi2. The Kier molecular flexibility index (Phi) is 13.0. The maximum atomic E-state index is 7.91. The van der Waals surface area contributed by atoms with Gasteiger partial charge in [-0.1, -0.05) is 130 Å². The van der Waals surface area contributed by atoms with Gasteiger partial charge < -0.3 is 4.12 Å². The summed E-state index contributed by atoms with van der Waals surface area (Å²) < 4.78 is 7.91. The summed E-state index contributed by atoms with van der Waals surface area (Å²) in [5.41, 5.74) is 0. The molecule has 184 valence electrons. The van der Waals surface area contributed by atoms with E-state index in [4.69, 9.17) is 4.12 Å². The third kappa shape index (κ3) is 8.28. The lowest BCUT2D eigenvalue weighted by Crippen LogP contribution is -2.57. The Morgan fingerprint density at radius 3 is 1.29 bits per heavy atom. The minimum atomic E-state index is -1.78. The summed E-state index contributed by atoms with van der Waals surface area (Å²) in [5, 5.41) is 0.502. The van der Waals surface area contributed by atoms with Gasteiger partial charge in [-0.3, -0.25) is 0 Å². The van der Waals surface area contributed by atoms with Crippen LogP contribution in [0.4, 0.5) is 0 Å². The molecule has 3 heteroatoms. The molecule has 0 aromatic heterocycles. The highest BCUT2D eigenvalue weighted by Crippen LogP contribution is 2.53. The molecule has 0 radical (unpaired) electrons. The second-order valence-corrected chi connectivity index (χ2v) is 21.1. The summed E-state index contributed by atoms with van der Waals surface area (Å²) in [5.74, 6) is 0. The Hall–Kier alpha value is 0.394. The lowest BCUT2D eigenvalue weighted by molar-refractivity contribution is 0.371. The molecule has 0 aromatic rings. The van der Waals surface area contributed by atoms with E-state index in [2.05, 4.69) is 27.7 Å². The van der Waals surface area contributed by atoms with Crippen molar-refractivity contribution in [3.63, 3.8) is 0 Å². The molecular weight excluding hydrogens is 408 g/mol. The molecule has 1 nitrogen and oxygen atoms in total. The summed E-state index contributed by atoms with van der Waals surface area (Å²) in [6.45, 7) is 10.3. The van der Waals surface area contributed by atoms with Crippen molar-refractivity contribution in [3.8, 4) is 0 Å². The summed E-state index contributed by atoms with van der Waals surface area (Å²) >= 11 is 0. The molecule has 2 rings (SSSR count). The van der Waals surface area contributed by atoms with Crippen molar-refractivity contribution >= 4 is 16.6 Å². The topological polar surface area (TPSA) is 9.23 Å². The average molecular weight is 467 g/mol. The molecule has 31 heavy (non-hydrogen) atoms. The molecule has 0 bridgehead atoms. The molecule has 1 aliphatic heterocycles. The van der Waals surface area contributed by atoms with Crippen molar-refractivity contribution in [2.45, 2.75) is 179 Å². The quantitative estimate of drug-likeness (QED) is 0.353. The van der Waals surface area contributed by atoms with Crippen LogP contribution in [0.3, 0.4) is 0 Å². The lowest BCUT2D eigenvalue weighted by atomic mass is 9.96. The van der Waals surface area contributed by atoms with Crippen LogP contribution in [0.25, 0.3) is 0 Å². The number of rotatable bonds is 6. The minimum absolute atomic E-state index is 0.502. The van der Waals surface area contributed by atoms with Crippen molar-refractivity contribution in [3.05, 3.63) is 0 Å². The highest BCUT2D eigenvalue weighted by molar-refractivity contribution is 6.88. The molecule has 0 amide bonds. The maximum Gasteiger partial charge on any atom is 0.185 e. The van der Waals surface area contributed by atoms with Crippen molar-refractivity contribution in [2.75, 3.05) is 0 Å². The first kappa shape index (κ1) is 27.6. The Balaban J connectivity index is 2.26. The predicted octanol–water partition coefficient (Wildman–Crippen LogP) is 10.8. The second kappa shape index (κ2) is 14.6. The van der Waals surface area contributed by atoms with Gasteiger partial charge in [-0.15, -0.1) is 0 Å². The smallest absolute Gasteiger partial charge is 0.185 e. The van der Waals surface area contributed by atoms with Gasteiger partial charge in [-0.2, -0.15) is 0 Å². The van der Waals surface area contributed by atoms with E-state index in [9.17, 15) is 0 Å². The summed E-state index contributed by atoms with van der Waals surface area (Å²) in [7, 11) is -3.40. The Morgan fingerprint density at radius 2 is 0.935 bits per heavy atom. The monoisotopic (exact) mass is 466 g/mol. The van der Waals surface area contributed by atoms with E-state index in [0.29, 0.717) is 5.04 Å². The van der Waals surface area contributed by atoms with Gasteiger partial charge in [0.05, 0.1) is 0 Å². The maximum absolute atomic E-state index is 7.91. The average Bonchev–Trinajstić information content (AvgIpc) is 2.87. The minimum Gasteiger partial charge on any atom is -0.454 e. The Morgan fingerprint density at radius 1 is 0.581 bits per heavy atom. The number of hydrogen-bond acceptors (Lipinski definition) is 1. The number of hydrogen-bond donors (Lipinski definition) is 0. The van der Waals surface area contributed by atoms with E-state index >= 15 is 0 Å². The first-order valence-corrected chi connectivity index (χ1v) is 19.6. The van der Waals surface area contributed by atoms with Gasteiger partial charge in [-0.25, -0.2) is 0 Å².